The van der Waals surface area contributed by atoms with E-state index in [0.29, 0.717) is 15.7 Å². The molecule has 0 saturated heterocycles. The summed E-state index contributed by atoms with van der Waals surface area (Å²) in [5, 5.41) is 4.27. The fourth-order valence-electron chi connectivity index (χ4n) is 3.58. The van der Waals surface area contributed by atoms with Crippen LogP contribution in [0.4, 0.5) is 10.1 Å². The van der Waals surface area contributed by atoms with Crippen LogP contribution in [0, 0.1) is 11.7 Å². The van der Waals surface area contributed by atoms with E-state index in [1.165, 1.54) is 23.7 Å². The number of hydrogen-bond donors (Lipinski definition) is 1. The molecule has 1 aromatic carbocycles. The lowest BCUT2D eigenvalue weighted by Gasteiger charge is -2.34. The Balaban J connectivity index is 0.000000412. The van der Waals surface area contributed by atoms with Crippen LogP contribution in [0.2, 0.25) is 0 Å². The third kappa shape index (κ3) is 7.96. The molecule has 2 heterocycles. The summed E-state index contributed by atoms with van der Waals surface area (Å²) in [6.07, 6.45) is 6.76. The highest BCUT2D eigenvalue weighted by molar-refractivity contribution is 7.92. The molecule has 1 amide bonds. The smallest absolute Gasteiger partial charge is 0.243 e. The molecule has 0 aliphatic carbocycles. The zero-order valence-electron chi connectivity index (χ0n) is 20.7. The van der Waals surface area contributed by atoms with Crippen molar-refractivity contribution in [1.82, 2.24) is 5.32 Å². The van der Waals surface area contributed by atoms with Crippen molar-refractivity contribution in [2.24, 2.45) is 5.92 Å². The van der Waals surface area contributed by atoms with E-state index < -0.39 is 9.84 Å². The number of carbonyl (C=O) groups excluding carboxylic acids is 1. The maximum Gasteiger partial charge on any atom is 0.243 e. The first-order chi connectivity index (χ1) is 15.6. The highest BCUT2D eigenvalue weighted by atomic mass is 32.2. The van der Waals surface area contributed by atoms with Crippen LogP contribution in [0.5, 0.6) is 0 Å². The van der Waals surface area contributed by atoms with E-state index >= 15 is 4.39 Å². The molecule has 1 aromatic heterocycles. The van der Waals surface area contributed by atoms with E-state index in [4.69, 9.17) is 0 Å². The first-order valence-electron chi connectivity index (χ1n) is 11.3. The lowest BCUT2D eigenvalue weighted by atomic mass is 9.87. The number of likely N-dealkylation sites (N-methyl/N-ethyl adjacent to an activating group) is 1. The summed E-state index contributed by atoms with van der Waals surface area (Å²) in [7, 11) is 0.653. The van der Waals surface area contributed by atoms with Crippen molar-refractivity contribution in [1.29, 1.82) is 0 Å². The molecule has 5 nitrogen and oxygen atoms in total. The van der Waals surface area contributed by atoms with Crippen molar-refractivity contribution in [3.63, 3.8) is 0 Å². The number of carbonyl (C=O) groups is 1. The van der Waals surface area contributed by atoms with Crippen molar-refractivity contribution >= 4 is 38.8 Å². The molecule has 1 atom stereocenters. The Kier molecular flexibility index (Phi) is 11.8. The average molecular weight is 497 g/mol. The molecule has 8 heteroatoms. The fourth-order valence-corrected chi connectivity index (χ4v) is 5.22. The standard InChI is InChI=1S/C18H25FN2O.C5H6O2S2.C2H6/c1-5-12-9-15-16(21(4)11-12)10-13(6-2)14(18(15)19)7-8-17(22)20-3;1-9(6,7)5-3-2-4-8-5;1-2/h7-8,10,12H,5-6,9,11H2,1-4H3,(H,20,22);2-4H,1H3;1-2H3/b8-7+;;/t12-;;/m0../s1. The highest BCUT2D eigenvalue weighted by Crippen LogP contribution is 2.36. The van der Waals surface area contributed by atoms with E-state index in [9.17, 15) is 13.2 Å². The van der Waals surface area contributed by atoms with Crippen LogP contribution in [0.3, 0.4) is 0 Å². The second-order valence-corrected chi connectivity index (χ2v) is 10.8. The number of nitrogens with one attached hydrogen (secondary N) is 1. The van der Waals surface area contributed by atoms with Gasteiger partial charge in [-0.2, -0.15) is 0 Å². The maximum atomic E-state index is 15.0. The largest absolute Gasteiger partial charge is 0.374 e. The van der Waals surface area contributed by atoms with Gasteiger partial charge in [-0.15, -0.1) is 11.3 Å². The molecule has 1 aliphatic rings. The third-order valence-corrected chi connectivity index (χ3v) is 8.10. The second-order valence-electron chi connectivity index (χ2n) is 7.63. The van der Waals surface area contributed by atoms with Gasteiger partial charge in [0, 0.05) is 49.8 Å². The van der Waals surface area contributed by atoms with Gasteiger partial charge >= 0.3 is 0 Å². The van der Waals surface area contributed by atoms with Gasteiger partial charge in [-0.25, -0.2) is 12.8 Å². The van der Waals surface area contributed by atoms with E-state index in [-0.39, 0.29) is 11.7 Å². The third-order valence-electron chi connectivity index (χ3n) is 5.37. The summed E-state index contributed by atoms with van der Waals surface area (Å²) < 4.78 is 36.9. The van der Waals surface area contributed by atoms with Gasteiger partial charge in [0.25, 0.3) is 0 Å². The van der Waals surface area contributed by atoms with Gasteiger partial charge in [-0.1, -0.05) is 40.2 Å². The molecule has 0 fully saturated rings. The molecule has 1 N–H and O–H groups in total. The Morgan fingerprint density at radius 3 is 2.45 bits per heavy atom. The maximum absolute atomic E-state index is 15.0. The summed E-state index contributed by atoms with van der Waals surface area (Å²) in [4.78, 5) is 13.6. The van der Waals surface area contributed by atoms with Gasteiger partial charge in [-0.05, 0) is 47.9 Å². The lowest BCUT2D eigenvalue weighted by molar-refractivity contribution is -0.115. The minimum absolute atomic E-state index is 0.167. The molecule has 2 aromatic rings. The Labute approximate surface area is 202 Å². The summed E-state index contributed by atoms with van der Waals surface area (Å²) in [6, 6.07) is 5.40. The van der Waals surface area contributed by atoms with Crippen molar-refractivity contribution in [2.45, 2.75) is 51.2 Å². The number of sulfone groups is 1. The molecule has 0 spiro atoms. The Bertz CT molecular complexity index is 1030. The number of nitrogens with zero attached hydrogens (tertiary/aromatic N) is 1. The number of amides is 1. The number of thiophene rings is 1. The van der Waals surface area contributed by atoms with E-state index in [1.807, 2.05) is 27.8 Å². The topological polar surface area (TPSA) is 66.5 Å². The monoisotopic (exact) mass is 496 g/mol. The molecule has 33 heavy (non-hydrogen) atoms. The number of fused-ring (bicyclic) bond motifs is 1. The molecule has 184 valence electrons. The minimum atomic E-state index is -2.94. The van der Waals surface area contributed by atoms with E-state index in [2.05, 4.69) is 23.2 Å². The predicted octanol–water partition coefficient (Wildman–Crippen LogP) is 5.34. The Hall–Kier alpha value is -2.19. The predicted molar refractivity (Wildman–Crippen MR) is 138 cm³/mol. The van der Waals surface area contributed by atoms with Crippen LogP contribution in [-0.4, -0.2) is 41.2 Å². The van der Waals surface area contributed by atoms with Crippen molar-refractivity contribution < 1.29 is 17.6 Å². The minimum Gasteiger partial charge on any atom is -0.374 e. The highest BCUT2D eigenvalue weighted by Gasteiger charge is 2.26. The van der Waals surface area contributed by atoms with Gasteiger partial charge in [0.2, 0.25) is 5.91 Å². The van der Waals surface area contributed by atoms with Gasteiger partial charge in [0.15, 0.2) is 9.84 Å². The van der Waals surface area contributed by atoms with Gasteiger partial charge in [0.1, 0.15) is 10.0 Å². The Morgan fingerprint density at radius 2 is 2.00 bits per heavy atom. The van der Waals surface area contributed by atoms with E-state index in [1.54, 1.807) is 30.6 Å². The molecule has 0 radical (unpaired) electrons. The SMILES string of the molecule is CC.CCc1cc2c(c(F)c1/C=C/C(=O)NC)C[C@H](CC)CN2C.CS(=O)(=O)c1cccs1. The summed E-state index contributed by atoms with van der Waals surface area (Å²) >= 11 is 1.24. The molecule has 0 bridgehead atoms. The first kappa shape index (κ1) is 28.8. The van der Waals surface area contributed by atoms with Crippen molar-refractivity contribution in [2.75, 3.05) is 31.8 Å². The van der Waals surface area contributed by atoms with Gasteiger partial charge in [-0.3, -0.25) is 4.79 Å². The van der Waals surface area contributed by atoms with Crippen LogP contribution < -0.4 is 10.2 Å². The lowest BCUT2D eigenvalue weighted by Crippen LogP contribution is -2.33. The summed E-state index contributed by atoms with van der Waals surface area (Å²) in [5.74, 6) is 0.0949. The number of anilines is 1. The number of aryl methyl sites for hydroxylation is 1. The molecule has 0 saturated carbocycles. The van der Waals surface area contributed by atoms with Crippen molar-refractivity contribution in [3.8, 4) is 0 Å². The van der Waals surface area contributed by atoms with Crippen LogP contribution >= 0.6 is 11.3 Å². The fraction of sp³-hybridized carbons (Fsp3) is 0.480. The molecular formula is C25H37FN2O3S2. The van der Waals surface area contributed by atoms with Crippen LogP contribution in [0.25, 0.3) is 6.08 Å². The number of hydrogen-bond acceptors (Lipinski definition) is 5. The zero-order valence-corrected chi connectivity index (χ0v) is 22.4. The van der Waals surface area contributed by atoms with Gasteiger partial charge in [0.05, 0.1) is 0 Å². The number of rotatable bonds is 5. The second kappa shape index (κ2) is 13.5. The van der Waals surface area contributed by atoms with Gasteiger partial charge < -0.3 is 10.2 Å². The zero-order chi connectivity index (χ0) is 25.2. The molecule has 0 unspecified atom stereocenters. The number of halogens is 1. The number of benzene rings is 1. The van der Waals surface area contributed by atoms with Crippen LogP contribution in [0.15, 0.2) is 33.9 Å². The molecule has 1 aliphatic heterocycles. The normalized spacial score (nSPS) is 15.2. The molecular weight excluding hydrogens is 459 g/mol. The quantitative estimate of drug-likeness (QED) is 0.567. The van der Waals surface area contributed by atoms with Crippen LogP contribution in [0.1, 0.15) is 50.8 Å². The van der Waals surface area contributed by atoms with E-state index in [0.717, 1.165) is 42.6 Å². The van der Waals surface area contributed by atoms with Crippen LogP contribution in [-0.2, 0) is 27.5 Å². The first-order valence-corrected chi connectivity index (χ1v) is 14.1. The summed E-state index contributed by atoms with van der Waals surface area (Å²) in [5.41, 5.74) is 3.28. The Morgan fingerprint density at radius 1 is 1.33 bits per heavy atom. The summed E-state index contributed by atoms with van der Waals surface area (Å²) in [6.45, 7) is 9.13. The molecule has 3 rings (SSSR count). The average Bonchev–Trinajstić information content (AvgIpc) is 3.36. The van der Waals surface area contributed by atoms with Crippen molar-refractivity contribution in [3.05, 3.63) is 52.2 Å².